The van der Waals surface area contributed by atoms with Crippen molar-refractivity contribution < 1.29 is 28.6 Å². The summed E-state index contributed by atoms with van der Waals surface area (Å²) in [5.74, 6) is -0.874. The molecule has 78 heavy (non-hydrogen) atoms. The van der Waals surface area contributed by atoms with E-state index in [4.69, 9.17) is 14.2 Å². The second-order valence-electron chi connectivity index (χ2n) is 22.0. The van der Waals surface area contributed by atoms with E-state index < -0.39 is 6.10 Å². The number of rotatable bonds is 60. The summed E-state index contributed by atoms with van der Waals surface area (Å²) in [4.78, 5) is 38.1. The molecule has 6 heteroatoms. The highest BCUT2D eigenvalue weighted by Gasteiger charge is 2.19. The summed E-state index contributed by atoms with van der Waals surface area (Å²) in [6, 6.07) is 0. The van der Waals surface area contributed by atoms with Crippen LogP contribution in [0.3, 0.4) is 0 Å². The molecule has 0 radical (unpaired) electrons. The summed E-state index contributed by atoms with van der Waals surface area (Å²) in [6.07, 6.45) is 88.9. The molecule has 0 fully saturated rings. The van der Waals surface area contributed by atoms with Gasteiger partial charge in [-0.05, 0) is 96.3 Å². The lowest BCUT2D eigenvalue weighted by molar-refractivity contribution is -0.167. The number of ether oxygens (including phenoxy) is 3. The molecule has 0 spiro atoms. The molecule has 0 heterocycles. The smallest absolute Gasteiger partial charge is 0.306 e. The van der Waals surface area contributed by atoms with Crippen LogP contribution in [0.4, 0.5) is 0 Å². The van der Waals surface area contributed by atoms with E-state index in [9.17, 15) is 14.4 Å². The zero-order valence-corrected chi connectivity index (χ0v) is 51.4. The van der Waals surface area contributed by atoms with Crippen LogP contribution >= 0.6 is 0 Å². The Kier molecular flexibility index (Phi) is 62.7. The highest BCUT2D eigenvalue weighted by molar-refractivity contribution is 5.71. The van der Waals surface area contributed by atoms with Gasteiger partial charge in [-0.15, -0.1) is 0 Å². The van der Waals surface area contributed by atoms with Gasteiger partial charge in [0.25, 0.3) is 0 Å². The number of carbonyl (C=O) groups excluding carboxylic acids is 3. The van der Waals surface area contributed by atoms with Crippen molar-refractivity contribution in [3.8, 4) is 0 Å². The fourth-order valence-corrected chi connectivity index (χ4v) is 9.43. The molecule has 1 atom stereocenters. The van der Waals surface area contributed by atoms with Gasteiger partial charge in [-0.1, -0.05) is 304 Å². The molecule has 0 aliphatic carbocycles. The van der Waals surface area contributed by atoms with Gasteiger partial charge in [-0.25, -0.2) is 0 Å². The Labute approximate surface area is 483 Å². The second kappa shape index (κ2) is 65.8. The number of carbonyl (C=O) groups is 3. The normalized spacial score (nSPS) is 12.7. The first kappa shape index (κ1) is 74.3. The largest absolute Gasteiger partial charge is 0.462 e. The maximum Gasteiger partial charge on any atom is 0.306 e. The second-order valence-corrected chi connectivity index (χ2v) is 22.0. The van der Waals surface area contributed by atoms with Crippen molar-refractivity contribution in [3.63, 3.8) is 0 Å². The van der Waals surface area contributed by atoms with Crippen molar-refractivity contribution in [2.24, 2.45) is 0 Å². The van der Waals surface area contributed by atoms with E-state index in [-0.39, 0.29) is 31.1 Å². The van der Waals surface area contributed by atoms with Crippen LogP contribution in [-0.4, -0.2) is 37.2 Å². The van der Waals surface area contributed by atoms with Crippen LogP contribution in [0.5, 0.6) is 0 Å². The molecule has 0 bridgehead atoms. The Morgan fingerprint density at radius 2 is 0.500 bits per heavy atom. The first-order valence-electron chi connectivity index (χ1n) is 33.2. The number of hydrogen-bond acceptors (Lipinski definition) is 6. The van der Waals surface area contributed by atoms with Crippen LogP contribution in [0, 0.1) is 0 Å². The lowest BCUT2D eigenvalue weighted by atomic mass is 10.0. The summed E-state index contributed by atoms with van der Waals surface area (Å²) >= 11 is 0. The summed E-state index contributed by atoms with van der Waals surface area (Å²) in [6.45, 7) is 6.39. The van der Waals surface area contributed by atoms with E-state index in [1.807, 2.05) is 0 Å². The van der Waals surface area contributed by atoms with Crippen LogP contribution in [0.15, 0.2) is 97.2 Å². The quantitative estimate of drug-likeness (QED) is 0.0261. The summed E-state index contributed by atoms with van der Waals surface area (Å²) in [5.41, 5.74) is 0. The third-order valence-corrected chi connectivity index (χ3v) is 14.3. The fraction of sp³-hybridized carbons (Fsp3) is 0.736. The lowest BCUT2D eigenvalue weighted by Gasteiger charge is -2.18. The Balaban J connectivity index is 4.04. The third kappa shape index (κ3) is 63.2. The Morgan fingerprint density at radius 3 is 0.782 bits per heavy atom. The van der Waals surface area contributed by atoms with Crippen molar-refractivity contribution in [2.75, 3.05) is 13.2 Å². The molecule has 0 aliphatic rings. The van der Waals surface area contributed by atoms with Crippen molar-refractivity contribution in [2.45, 2.75) is 329 Å². The predicted octanol–water partition coefficient (Wildman–Crippen LogP) is 22.8. The van der Waals surface area contributed by atoms with Crippen molar-refractivity contribution in [1.29, 1.82) is 0 Å². The summed E-state index contributed by atoms with van der Waals surface area (Å²) in [5, 5.41) is 0. The highest BCUT2D eigenvalue weighted by atomic mass is 16.6. The maximum atomic E-state index is 12.9. The number of hydrogen-bond donors (Lipinski definition) is 0. The van der Waals surface area contributed by atoms with Gasteiger partial charge in [0.1, 0.15) is 13.2 Å². The molecule has 0 aromatic rings. The average Bonchev–Trinajstić information content (AvgIpc) is 3.44. The standard InChI is InChI=1S/C72H124O6/c1-4-7-10-13-16-18-20-22-24-26-28-30-32-34-35-36-37-39-40-42-44-46-48-50-52-54-56-59-62-65-71(74)77-68-69(67-76-70(73)64-61-58-15-12-9-6-3)78-72(75)66-63-60-57-55-53-51-49-47-45-43-41-38-33-31-29-27-25-23-21-19-17-14-11-8-5-2/h7-8,10-11,16-19,22-25,28-31,69H,4-6,9,12-15,20-21,26-27,32-68H2,1-3H3/b10-7-,11-8-,18-16-,19-17-,24-22-,25-23-,30-28-,31-29-. The summed E-state index contributed by atoms with van der Waals surface area (Å²) < 4.78 is 16.8. The molecular weight excluding hydrogens is 961 g/mol. The molecule has 0 aromatic heterocycles. The molecule has 0 saturated carbocycles. The third-order valence-electron chi connectivity index (χ3n) is 14.3. The van der Waals surface area contributed by atoms with Crippen LogP contribution < -0.4 is 0 Å². The lowest BCUT2D eigenvalue weighted by Crippen LogP contribution is -2.30. The molecule has 0 aromatic carbocycles. The van der Waals surface area contributed by atoms with Gasteiger partial charge in [0.2, 0.25) is 0 Å². The Bertz CT molecular complexity index is 1530. The van der Waals surface area contributed by atoms with Gasteiger partial charge in [-0.3, -0.25) is 14.4 Å². The van der Waals surface area contributed by atoms with E-state index in [0.717, 1.165) is 109 Å². The molecule has 0 saturated heterocycles. The number of esters is 3. The van der Waals surface area contributed by atoms with Crippen LogP contribution in [0.2, 0.25) is 0 Å². The zero-order chi connectivity index (χ0) is 56.4. The van der Waals surface area contributed by atoms with E-state index in [2.05, 4.69) is 118 Å². The molecule has 0 amide bonds. The minimum atomic E-state index is -0.775. The summed E-state index contributed by atoms with van der Waals surface area (Å²) in [7, 11) is 0. The average molecular weight is 1090 g/mol. The Hall–Kier alpha value is -3.67. The molecule has 1 unspecified atom stereocenters. The molecular formula is C72H124O6. The predicted molar refractivity (Wildman–Crippen MR) is 339 cm³/mol. The van der Waals surface area contributed by atoms with Crippen molar-refractivity contribution in [1.82, 2.24) is 0 Å². The van der Waals surface area contributed by atoms with E-state index in [1.54, 1.807) is 0 Å². The highest BCUT2D eigenvalue weighted by Crippen LogP contribution is 2.17. The van der Waals surface area contributed by atoms with Crippen LogP contribution in [0.25, 0.3) is 0 Å². The first-order valence-corrected chi connectivity index (χ1v) is 33.2. The van der Waals surface area contributed by atoms with Gasteiger partial charge in [0.15, 0.2) is 6.10 Å². The topological polar surface area (TPSA) is 78.9 Å². The van der Waals surface area contributed by atoms with Crippen LogP contribution in [0.1, 0.15) is 323 Å². The Morgan fingerprint density at radius 1 is 0.269 bits per heavy atom. The molecule has 448 valence electrons. The molecule has 0 N–H and O–H groups in total. The van der Waals surface area contributed by atoms with Gasteiger partial charge in [-0.2, -0.15) is 0 Å². The van der Waals surface area contributed by atoms with E-state index >= 15 is 0 Å². The van der Waals surface area contributed by atoms with Gasteiger partial charge >= 0.3 is 17.9 Å². The minimum Gasteiger partial charge on any atom is -0.462 e. The molecule has 0 aliphatic heterocycles. The zero-order valence-electron chi connectivity index (χ0n) is 51.4. The first-order chi connectivity index (χ1) is 38.5. The van der Waals surface area contributed by atoms with Crippen molar-refractivity contribution in [3.05, 3.63) is 97.2 Å². The number of unbranched alkanes of at least 4 members (excludes halogenated alkanes) is 33. The maximum absolute atomic E-state index is 12.9. The molecule has 0 rings (SSSR count). The van der Waals surface area contributed by atoms with Crippen LogP contribution in [-0.2, 0) is 28.6 Å². The van der Waals surface area contributed by atoms with Crippen molar-refractivity contribution >= 4 is 17.9 Å². The minimum absolute atomic E-state index is 0.0747. The van der Waals surface area contributed by atoms with E-state index in [1.165, 1.54) is 173 Å². The number of allylic oxidation sites excluding steroid dienone is 16. The van der Waals surface area contributed by atoms with Gasteiger partial charge in [0, 0.05) is 19.3 Å². The fourth-order valence-electron chi connectivity index (χ4n) is 9.43. The van der Waals surface area contributed by atoms with E-state index in [0.29, 0.717) is 19.3 Å². The molecule has 6 nitrogen and oxygen atoms in total. The monoisotopic (exact) mass is 1080 g/mol. The SMILES string of the molecule is CC/C=C\C/C=C\C/C=C\C/C=C\CCCCCCCCCCCCCCCCCCC(=O)OCC(COC(=O)CCCCCCCC)OC(=O)CCCCCCCCCCCCCC/C=C\C/C=C\C/C=C\C/C=C\CC. The van der Waals surface area contributed by atoms with Gasteiger partial charge in [0.05, 0.1) is 0 Å². The van der Waals surface area contributed by atoms with Gasteiger partial charge < -0.3 is 14.2 Å².